The fraction of sp³-hybridized carbons (Fsp3) is 1.00. The van der Waals surface area contributed by atoms with E-state index in [0.29, 0.717) is 0 Å². The summed E-state index contributed by atoms with van der Waals surface area (Å²) in [6, 6.07) is 2.74. The zero-order chi connectivity index (χ0) is 7.97. The Labute approximate surface area is 74.3 Å². The maximum atomic E-state index is 3.65. The Kier molecular flexibility index (Phi) is 1.66. The maximum absolute atomic E-state index is 3.65. The predicted molar refractivity (Wildman–Crippen MR) is 49.2 cm³/mol. The lowest BCUT2D eigenvalue weighted by atomic mass is 10.1. The van der Waals surface area contributed by atoms with Crippen molar-refractivity contribution in [1.82, 2.24) is 10.2 Å². The van der Waals surface area contributed by atoms with Crippen LogP contribution in [0.25, 0.3) is 0 Å². The smallest absolute Gasteiger partial charge is 0.0252 e. The van der Waals surface area contributed by atoms with Crippen molar-refractivity contribution in [2.75, 3.05) is 13.1 Å². The van der Waals surface area contributed by atoms with E-state index in [2.05, 4.69) is 10.2 Å². The Morgan fingerprint density at radius 3 is 2.83 bits per heavy atom. The molecule has 68 valence electrons. The van der Waals surface area contributed by atoms with E-state index in [-0.39, 0.29) is 0 Å². The van der Waals surface area contributed by atoms with Crippen molar-refractivity contribution in [2.24, 2.45) is 0 Å². The number of hydrogen-bond donors (Lipinski definition) is 1. The van der Waals surface area contributed by atoms with Gasteiger partial charge in [-0.3, -0.25) is 4.90 Å². The van der Waals surface area contributed by atoms with Crippen LogP contribution in [0.15, 0.2) is 0 Å². The molecule has 2 aliphatic carbocycles. The van der Waals surface area contributed by atoms with Gasteiger partial charge in [-0.2, -0.15) is 0 Å². The van der Waals surface area contributed by atoms with Crippen LogP contribution < -0.4 is 5.32 Å². The van der Waals surface area contributed by atoms with Gasteiger partial charge in [-0.05, 0) is 25.7 Å². The van der Waals surface area contributed by atoms with E-state index in [1.807, 2.05) is 0 Å². The lowest BCUT2D eigenvalue weighted by Gasteiger charge is -2.38. The first kappa shape index (κ1) is 7.34. The molecule has 3 rings (SSSR count). The van der Waals surface area contributed by atoms with E-state index >= 15 is 0 Å². The van der Waals surface area contributed by atoms with Crippen LogP contribution in [-0.4, -0.2) is 36.1 Å². The summed E-state index contributed by atoms with van der Waals surface area (Å²) in [4.78, 5) is 2.79. The van der Waals surface area contributed by atoms with Crippen LogP contribution in [0.5, 0.6) is 0 Å². The summed E-state index contributed by atoms with van der Waals surface area (Å²) in [6.45, 7) is 2.55. The second-order valence-corrected chi connectivity index (χ2v) is 4.53. The average Bonchev–Trinajstić information content (AvgIpc) is 2.82. The number of nitrogens with one attached hydrogen (secondary N) is 1. The fourth-order valence-electron chi connectivity index (χ4n) is 2.98. The molecule has 2 heteroatoms. The van der Waals surface area contributed by atoms with Crippen molar-refractivity contribution < 1.29 is 0 Å². The van der Waals surface area contributed by atoms with Crippen LogP contribution in [0.4, 0.5) is 0 Å². The molecule has 0 bridgehead atoms. The van der Waals surface area contributed by atoms with Crippen LogP contribution in [0.2, 0.25) is 0 Å². The maximum Gasteiger partial charge on any atom is 0.0252 e. The van der Waals surface area contributed by atoms with E-state index < -0.39 is 0 Å². The number of nitrogens with zero attached hydrogens (tertiary/aromatic N) is 1. The van der Waals surface area contributed by atoms with Crippen molar-refractivity contribution in [1.29, 1.82) is 0 Å². The highest BCUT2D eigenvalue weighted by Gasteiger charge is 2.41. The third-order valence-corrected chi connectivity index (χ3v) is 3.70. The molecule has 1 aliphatic heterocycles. The quantitative estimate of drug-likeness (QED) is 0.624. The average molecular weight is 166 g/mol. The lowest BCUT2D eigenvalue weighted by molar-refractivity contribution is 0.128. The molecule has 1 heterocycles. The van der Waals surface area contributed by atoms with Gasteiger partial charge in [0.25, 0.3) is 0 Å². The van der Waals surface area contributed by atoms with Crippen molar-refractivity contribution in [3.05, 3.63) is 0 Å². The summed E-state index contributed by atoms with van der Waals surface area (Å²) >= 11 is 0. The van der Waals surface area contributed by atoms with Crippen LogP contribution in [0.1, 0.15) is 32.1 Å². The number of piperazine rings is 1. The topological polar surface area (TPSA) is 15.3 Å². The van der Waals surface area contributed by atoms with Gasteiger partial charge in [0, 0.05) is 31.2 Å². The van der Waals surface area contributed by atoms with Gasteiger partial charge in [0.15, 0.2) is 0 Å². The van der Waals surface area contributed by atoms with E-state index in [0.717, 1.165) is 18.1 Å². The monoisotopic (exact) mass is 166 g/mol. The van der Waals surface area contributed by atoms with Gasteiger partial charge in [-0.15, -0.1) is 0 Å². The highest BCUT2D eigenvalue weighted by atomic mass is 15.3. The second-order valence-electron chi connectivity index (χ2n) is 4.53. The van der Waals surface area contributed by atoms with Gasteiger partial charge in [0.05, 0.1) is 0 Å². The molecular formula is C10H18N2. The van der Waals surface area contributed by atoms with Gasteiger partial charge >= 0.3 is 0 Å². The summed E-state index contributed by atoms with van der Waals surface area (Å²) in [5.74, 6) is 0. The molecule has 0 aromatic rings. The Morgan fingerprint density at radius 1 is 1.08 bits per heavy atom. The minimum Gasteiger partial charge on any atom is -0.311 e. The summed E-state index contributed by atoms with van der Waals surface area (Å²) in [7, 11) is 0. The molecule has 2 atom stereocenters. The fourth-order valence-corrected chi connectivity index (χ4v) is 2.98. The molecule has 0 radical (unpaired) electrons. The molecular weight excluding hydrogens is 148 g/mol. The van der Waals surface area contributed by atoms with Gasteiger partial charge in [0.1, 0.15) is 0 Å². The Morgan fingerprint density at radius 2 is 2.00 bits per heavy atom. The Balaban J connectivity index is 1.74. The van der Waals surface area contributed by atoms with Crippen molar-refractivity contribution in [3.8, 4) is 0 Å². The van der Waals surface area contributed by atoms with Crippen LogP contribution >= 0.6 is 0 Å². The number of fused-ring (bicyclic) bond motifs is 1. The molecule has 12 heavy (non-hydrogen) atoms. The van der Waals surface area contributed by atoms with Crippen molar-refractivity contribution >= 4 is 0 Å². The number of hydrogen-bond acceptors (Lipinski definition) is 2. The third kappa shape index (κ3) is 1.09. The van der Waals surface area contributed by atoms with E-state index in [1.54, 1.807) is 0 Å². The molecule has 0 unspecified atom stereocenters. The first-order chi connectivity index (χ1) is 5.95. The molecule has 0 spiro atoms. The molecule has 0 aromatic carbocycles. The Bertz CT molecular complexity index is 177. The first-order valence-corrected chi connectivity index (χ1v) is 5.44. The summed E-state index contributed by atoms with van der Waals surface area (Å²) in [6.07, 6.45) is 7.28. The zero-order valence-electron chi connectivity index (χ0n) is 7.63. The van der Waals surface area contributed by atoms with Crippen LogP contribution in [-0.2, 0) is 0 Å². The minimum absolute atomic E-state index is 0.847. The van der Waals surface area contributed by atoms with E-state index in [9.17, 15) is 0 Å². The lowest BCUT2D eigenvalue weighted by Crippen LogP contribution is -2.55. The molecule has 2 saturated carbocycles. The normalized spacial score (nSPS) is 43.0. The highest BCUT2D eigenvalue weighted by Crippen LogP contribution is 2.35. The molecule has 0 amide bonds. The van der Waals surface area contributed by atoms with Gasteiger partial charge in [-0.1, -0.05) is 6.42 Å². The molecule has 3 fully saturated rings. The number of rotatable bonds is 1. The van der Waals surface area contributed by atoms with E-state index in [4.69, 9.17) is 0 Å². The summed E-state index contributed by atoms with van der Waals surface area (Å²) < 4.78 is 0. The SMILES string of the molecule is C1C[C@H]2NCCN(C3CC3)[C@H]2C1. The molecule has 1 saturated heterocycles. The van der Waals surface area contributed by atoms with E-state index in [1.165, 1.54) is 45.2 Å². The summed E-state index contributed by atoms with van der Waals surface area (Å²) in [5, 5.41) is 3.65. The van der Waals surface area contributed by atoms with Crippen molar-refractivity contribution in [2.45, 2.75) is 50.2 Å². The molecule has 0 aromatic heterocycles. The molecule has 2 nitrogen and oxygen atoms in total. The van der Waals surface area contributed by atoms with Gasteiger partial charge in [0.2, 0.25) is 0 Å². The van der Waals surface area contributed by atoms with Gasteiger partial charge in [-0.25, -0.2) is 0 Å². The standard InChI is InChI=1S/C10H18N2/c1-2-9-10(3-1)12(7-6-11-9)8-4-5-8/h8-11H,1-7H2/t9-,10+/m1/s1. The molecule has 1 N–H and O–H groups in total. The van der Waals surface area contributed by atoms with Gasteiger partial charge < -0.3 is 5.32 Å². The second kappa shape index (κ2) is 2.71. The zero-order valence-corrected chi connectivity index (χ0v) is 7.63. The predicted octanol–water partition coefficient (Wildman–Crippen LogP) is 0.975. The highest BCUT2D eigenvalue weighted by molar-refractivity contribution is 4.99. The first-order valence-electron chi connectivity index (χ1n) is 5.44. The van der Waals surface area contributed by atoms with Crippen LogP contribution in [0, 0.1) is 0 Å². The Hall–Kier alpha value is -0.0800. The summed E-state index contributed by atoms with van der Waals surface area (Å²) in [5.41, 5.74) is 0. The largest absolute Gasteiger partial charge is 0.311 e. The third-order valence-electron chi connectivity index (χ3n) is 3.70. The van der Waals surface area contributed by atoms with Crippen LogP contribution in [0.3, 0.4) is 0 Å². The molecule has 3 aliphatic rings. The van der Waals surface area contributed by atoms with Crippen molar-refractivity contribution in [3.63, 3.8) is 0 Å². The minimum atomic E-state index is 0.847.